The molecule has 0 spiro atoms. The molecule has 6 nitrogen and oxygen atoms in total. The van der Waals surface area contributed by atoms with Crippen molar-refractivity contribution in [3.8, 4) is 0 Å². The molecule has 1 heterocycles. The number of halogens is 1. The van der Waals surface area contributed by atoms with E-state index >= 15 is 0 Å². The van der Waals surface area contributed by atoms with Crippen LogP contribution in [0, 0.1) is 5.82 Å². The lowest BCUT2D eigenvalue weighted by molar-refractivity contribution is 0.540. The minimum Gasteiger partial charge on any atom is -0.251 e. The Morgan fingerprint density at radius 3 is 2.78 bits per heavy atom. The van der Waals surface area contributed by atoms with Crippen LogP contribution in [0.25, 0.3) is 0 Å². The fourth-order valence-corrected chi connectivity index (χ4v) is 2.48. The third-order valence-corrected chi connectivity index (χ3v) is 3.73. The molecule has 1 aromatic carbocycles. The zero-order valence-electron chi connectivity index (χ0n) is 9.32. The highest BCUT2D eigenvalue weighted by Crippen LogP contribution is 2.12. The molecule has 1 aromatic heterocycles. The van der Waals surface area contributed by atoms with Crippen molar-refractivity contribution >= 4 is 10.0 Å². The van der Waals surface area contributed by atoms with Gasteiger partial charge in [0, 0.05) is 12.7 Å². The van der Waals surface area contributed by atoms with Crippen molar-refractivity contribution in [1.82, 2.24) is 19.7 Å². The molecule has 0 saturated heterocycles. The van der Waals surface area contributed by atoms with Crippen molar-refractivity contribution < 1.29 is 12.8 Å². The van der Waals surface area contributed by atoms with Crippen LogP contribution in [0.3, 0.4) is 0 Å². The maximum absolute atomic E-state index is 13.3. The van der Waals surface area contributed by atoms with Crippen molar-refractivity contribution in [2.75, 3.05) is 6.54 Å². The van der Waals surface area contributed by atoms with Crippen LogP contribution in [-0.4, -0.2) is 30.0 Å². The van der Waals surface area contributed by atoms with Gasteiger partial charge in [0.25, 0.3) is 0 Å². The molecule has 0 saturated carbocycles. The first-order valence-electron chi connectivity index (χ1n) is 5.18. The van der Waals surface area contributed by atoms with E-state index in [1.165, 1.54) is 29.1 Å². The van der Waals surface area contributed by atoms with E-state index in [0.717, 1.165) is 6.07 Å². The Hall–Kier alpha value is -1.80. The summed E-state index contributed by atoms with van der Waals surface area (Å²) in [5.74, 6) is -0.772. The number of aromatic nitrogens is 3. The Labute approximate surface area is 103 Å². The number of nitrogens with zero attached hydrogens (tertiary/aromatic N) is 3. The Kier molecular flexibility index (Phi) is 3.68. The zero-order chi connectivity index (χ0) is 13.0. The topological polar surface area (TPSA) is 76.9 Å². The Morgan fingerprint density at radius 2 is 2.11 bits per heavy atom. The standard InChI is InChI=1S/C10H11FN4O2S/c11-9-3-1-2-4-10(9)18(16,17)13-6-8-15-7-5-12-14-15/h1-5,7,13H,6,8H2. The first-order valence-corrected chi connectivity index (χ1v) is 6.66. The van der Waals surface area contributed by atoms with Gasteiger partial charge in [-0.3, -0.25) is 4.68 Å². The lowest BCUT2D eigenvalue weighted by atomic mass is 10.4. The van der Waals surface area contributed by atoms with Gasteiger partial charge in [0.15, 0.2) is 0 Å². The molecule has 0 atom stereocenters. The molecule has 0 aliphatic carbocycles. The summed E-state index contributed by atoms with van der Waals surface area (Å²) >= 11 is 0. The molecular formula is C10H11FN4O2S. The molecule has 0 bridgehead atoms. The molecule has 0 radical (unpaired) electrons. The van der Waals surface area contributed by atoms with Crippen LogP contribution < -0.4 is 4.72 Å². The van der Waals surface area contributed by atoms with Gasteiger partial charge in [0.05, 0.1) is 12.7 Å². The first-order chi connectivity index (χ1) is 8.59. The van der Waals surface area contributed by atoms with E-state index < -0.39 is 15.8 Å². The lowest BCUT2D eigenvalue weighted by Crippen LogP contribution is -2.28. The van der Waals surface area contributed by atoms with Crippen LogP contribution in [0.4, 0.5) is 4.39 Å². The van der Waals surface area contributed by atoms with Crippen molar-refractivity contribution in [2.45, 2.75) is 11.4 Å². The van der Waals surface area contributed by atoms with E-state index in [1.807, 2.05) is 0 Å². The summed E-state index contributed by atoms with van der Waals surface area (Å²) in [6.45, 7) is 0.438. The number of sulfonamides is 1. The van der Waals surface area contributed by atoms with Crippen LogP contribution in [0.2, 0.25) is 0 Å². The van der Waals surface area contributed by atoms with Gasteiger partial charge in [-0.2, -0.15) is 0 Å². The van der Waals surface area contributed by atoms with E-state index in [2.05, 4.69) is 15.0 Å². The van der Waals surface area contributed by atoms with Crippen molar-refractivity contribution in [1.29, 1.82) is 0 Å². The molecule has 18 heavy (non-hydrogen) atoms. The van der Waals surface area contributed by atoms with Crippen LogP contribution >= 0.6 is 0 Å². The summed E-state index contributed by atoms with van der Waals surface area (Å²) < 4.78 is 40.7. The lowest BCUT2D eigenvalue weighted by Gasteiger charge is -2.07. The fraction of sp³-hybridized carbons (Fsp3) is 0.200. The van der Waals surface area contributed by atoms with E-state index in [0.29, 0.717) is 6.54 Å². The maximum Gasteiger partial charge on any atom is 0.243 e. The summed E-state index contributed by atoms with van der Waals surface area (Å²) in [7, 11) is -3.83. The molecule has 0 amide bonds. The minimum atomic E-state index is -3.83. The number of rotatable bonds is 5. The molecule has 96 valence electrons. The van der Waals surface area contributed by atoms with Gasteiger partial charge < -0.3 is 0 Å². The average Bonchev–Trinajstić information content (AvgIpc) is 2.82. The molecule has 0 aliphatic rings. The van der Waals surface area contributed by atoms with E-state index in [-0.39, 0.29) is 11.4 Å². The Balaban J connectivity index is 2.02. The molecule has 8 heteroatoms. The van der Waals surface area contributed by atoms with Crippen LogP contribution in [-0.2, 0) is 16.6 Å². The van der Waals surface area contributed by atoms with Gasteiger partial charge >= 0.3 is 0 Å². The van der Waals surface area contributed by atoms with Crippen LogP contribution in [0.15, 0.2) is 41.6 Å². The fourth-order valence-electron chi connectivity index (χ4n) is 1.39. The third kappa shape index (κ3) is 2.90. The molecule has 2 rings (SSSR count). The minimum absolute atomic E-state index is 0.111. The smallest absolute Gasteiger partial charge is 0.243 e. The first kappa shape index (κ1) is 12.7. The van der Waals surface area contributed by atoms with Crippen LogP contribution in [0.1, 0.15) is 0 Å². The van der Waals surface area contributed by atoms with E-state index in [4.69, 9.17) is 0 Å². The summed E-state index contributed by atoms with van der Waals surface area (Å²) in [4.78, 5) is -0.358. The normalized spacial score (nSPS) is 11.6. The summed E-state index contributed by atoms with van der Waals surface area (Å²) in [5, 5.41) is 7.27. The van der Waals surface area contributed by atoms with Gasteiger partial charge in [0.2, 0.25) is 10.0 Å². The zero-order valence-corrected chi connectivity index (χ0v) is 10.1. The molecule has 0 aliphatic heterocycles. The third-order valence-electron chi connectivity index (χ3n) is 2.23. The average molecular weight is 270 g/mol. The quantitative estimate of drug-likeness (QED) is 0.853. The predicted molar refractivity (Wildman–Crippen MR) is 61.6 cm³/mol. The van der Waals surface area contributed by atoms with Gasteiger partial charge in [0.1, 0.15) is 10.7 Å². The van der Waals surface area contributed by atoms with Crippen molar-refractivity contribution in [3.63, 3.8) is 0 Å². The Bertz CT molecular complexity index is 613. The molecule has 0 unspecified atom stereocenters. The van der Waals surface area contributed by atoms with Crippen molar-refractivity contribution in [3.05, 3.63) is 42.5 Å². The highest BCUT2D eigenvalue weighted by Gasteiger charge is 2.17. The second-order valence-corrected chi connectivity index (χ2v) is 5.23. The van der Waals surface area contributed by atoms with Gasteiger partial charge in [-0.1, -0.05) is 17.3 Å². The number of hydrogen-bond donors (Lipinski definition) is 1. The molecule has 2 aromatic rings. The van der Waals surface area contributed by atoms with Gasteiger partial charge in [-0.15, -0.1) is 5.10 Å². The molecule has 0 fully saturated rings. The largest absolute Gasteiger partial charge is 0.251 e. The highest BCUT2D eigenvalue weighted by molar-refractivity contribution is 7.89. The summed E-state index contributed by atoms with van der Waals surface area (Å²) in [5.41, 5.74) is 0. The van der Waals surface area contributed by atoms with Crippen LogP contribution in [0.5, 0.6) is 0 Å². The van der Waals surface area contributed by atoms with Gasteiger partial charge in [-0.05, 0) is 12.1 Å². The number of nitrogens with one attached hydrogen (secondary N) is 1. The second-order valence-electron chi connectivity index (χ2n) is 3.49. The van der Waals surface area contributed by atoms with E-state index in [9.17, 15) is 12.8 Å². The van der Waals surface area contributed by atoms with E-state index in [1.54, 1.807) is 6.20 Å². The monoisotopic (exact) mass is 270 g/mol. The highest BCUT2D eigenvalue weighted by atomic mass is 32.2. The summed E-state index contributed by atoms with van der Waals surface area (Å²) in [6.07, 6.45) is 3.10. The van der Waals surface area contributed by atoms with Gasteiger partial charge in [-0.25, -0.2) is 17.5 Å². The SMILES string of the molecule is O=S(=O)(NCCn1ccnn1)c1ccccc1F. The van der Waals surface area contributed by atoms with Crippen molar-refractivity contribution in [2.24, 2.45) is 0 Å². The number of hydrogen-bond acceptors (Lipinski definition) is 4. The predicted octanol–water partition coefficient (Wildman–Crippen LogP) is 0.396. The molecule has 1 N–H and O–H groups in total. The summed E-state index contributed by atoms with van der Waals surface area (Å²) in [6, 6.07) is 5.22. The number of benzene rings is 1. The second kappa shape index (κ2) is 5.23. The molecular weight excluding hydrogens is 259 g/mol. The Morgan fingerprint density at radius 1 is 1.33 bits per heavy atom. The maximum atomic E-state index is 13.3.